The number of ether oxygens (including phenoxy) is 1. The van der Waals surface area contributed by atoms with Crippen molar-refractivity contribution in [3.63, 3.8) is 0 Å². The van der Waals surface area contributed by atoms with Gasteiger partial charge in [0.25, 0.3) is 5.91 Å². The van der Waals surface area contributed by atoms with Crippen molar-refractivity contribution >= 4 is 11.9 Å². The van der Waals surface area contributed by atoms with E-state index in [1.54, 1.807) is 17.9 Å². The summed E-state index contributed by atoms with van der Waals surface area (Å²) in [6, 6.07) is -0.144. The van der Waals surface area contributed by atoms with Crippen molar-refractivity contribution in [3.05, 3.63) is 11.8 Å². The van der Waals surface area contributed by atoms with Crippen LogP contribution >= 0.6 is 0 Å². The normalized spacial score (nSPS) is 15.2. The standard InChI is InChI=1S/C15H26N6O3/c1-4-16-15(23)17-5-6-20-7-9-21(10-8-20)14(22)12-11-19(2)18-13(12)24-3/h11H,4-10H2,1-3H3,(H2,16,17,23). The molecule has 3 amide bonds. The van der Waals surface area contributed by atoms with Crippen LogP contribution < -0.4 is 15.4 Å². The third-order valence-electron chi connectivity index (χ3n) is 3.93. The molecule has 0 radical (unpaired) electrons. The topological polar surface area (TPSA) is 91.7 Å². The predicted molar refractivity (Wildman–Crippen MR) is 89.2 cm³/mol. The second-order valence-electron chi connectivity index (χ2n) is 5.65. The summed E-state index contributed by atoms with van der Waals surface area (Å²) < 4.78 is 6.74. The Balaban J connectivity index is 1.78. The number of carbonyl (C=O) groups is 2. The van der Waals surface area contributed by atoms with E-state index in [0.29, 0.717) is 37.6 Å². The van der Waals surface area contributed by atoms with E-state index in [1.807, 2.05) is 11.8 Å². The van der Waals surface area contributed by atoms with Crippen LogP contribution in [0.2, 0.25) is 0 Å². The third kappa shape index (κ3) is 4.60. The van der Waals surface area contributed by atoms with Crippen LogP contribution in [0.4, 0.5) is 4.79 Å². The highest BCUT2D eigenvalue weighted by molar-refractivity contribution is 5.96. The number of urea groups is 1. The Bertz CT molecular complexity index is 566. The lowest BCUT2D eigenvalue weighted by atomic mass is 10.2. The minimum absolute atomic E-state index is 0.0555. The van der Waals surface area contributed by atoms with E-state index < -0.39 is 0 Å². The second kappa shape index (κ2) is 8.53. The summed E-state index contributed by atoms with van der Waals surface area (Å²) in [5.74, 6) is 0.302. The highest BCUT2D eigenvalue weighted by atomic mass is 16.5. The molecule has 0 atom stereocenters. The Labute approximate surface area is 141 Å². The van der Waals surface area contributed by atoms with Gasteiger partial charge in [0.05, 0.1) is 7.11 Å². The monoisotopic (exact) mass is 338 g/mol. The molecule has 0 aliphatic carbocycles. The molecule has 9 nitrogen and oxygen atoms in total. The Kier molecular flexibility index (Phi) is 6.42. The van der Waals surface area contributed by atoms with Crippen LogP contribution in [0.1, 0.15) is 17.3 Å². The highest BCUT2D eigenvalue weighted by Crippen LogP contribution is 2.18. The minimum atomic E-state index is -0.144. The van der Waals surface area contributed by atoms with Gasteiger partial charge in [0, 0.05) is 59.1 Å². The van der Waals surface area contributed by atoms with Crippen LogP contribution in [0.5, 0.6) is 5.88 Å². The molecule has 0 saturated carbocycles. The minimum Gasteiger partial charge on any atom is -0.479 e. The number of rotatable bonds is 6. The van der Waals surface area contributed by atoms with E-state index in [-0.39, 0.29) is 11.9 Å². The summed E-state index contributed by atoms with van der Waals surface area (Å²) in [6.45, 7) is 6.73. The predicted octanol–water partition coefficient (Wildman–Crippen LogP) is -0.494. The third-order valence-corrected chi connectivity index (χ3v) is 3.93. The maximum absolute atomic E-state index is 12.6. The number of hydrogen-bond donors (Lipinski definition) is 2. The summed E-state index contributed by atoms with van der Waals surface area (Å²) in [6.07, 6.45) is 1.68. The van der Waals surface area contributed by atoms with Gasteiger partial charge in [-0.2, -0.15) is 0 Å². The molecule has 1 saturated heterocycles. The number of nitrogens with one attached hydrogen (secondary N) is 2. The van der Waals surface area contributed by atoms with Crippen molar-refractivity contribution in [2.45, 2.75) is 6.92 Å². The molecule has 2 N–H and O–H groups in total. The Hall–Kier alpha value is -2.29. The van der Waals surface area contributed by atoms with E-state index in [1.165, 1.54) is 7.11 Å². The van der Waals surface area contributed by atoms with Gasteiger partial charge in [-0.25, -0.2) is 4.79 Å². The highest BCUT2D eigenvalue weighted by Gasteiger charge is 2.25. The van der Waals surface area contributed by atoms with Gasteiger partial charge in [0.15, 0.2) is 0 Å². The first-order valence-electron chi connectivity index (χ1n) is 8.16. The van der Waals surface area contributed by atoms with Gasteiger partial charge in [-0.3, -0.25) is 14.4 Å². The number of methoxy groups -OCH3 is 1. The molecule has 1 aliphatic heterocycles. The number of amides is 3. The van der Waals surface area contributed by atoms with Crippen molar-refractivity contribution < 1.29 is 14.3 Å². The first kappa shape index (κ1) is 18.1. The summed E-state index contributed by atoms with van der Waals surface area (Å²) in [5.41, 5.74) is 0.492. The summed E-state index contributed by atoms with van der Waals surface area (Å²) >= 11 is 0. The SMILES string of the molecule is CCNC(=O)NCCN1CCN(C(=O)c2cn(C)nc2OC)CC1. The Morgan fingerprint density at radius 3 is 2.58 bits per heavy atom. The lowest BCUT2D eigenvalue weighted by Gasteiger charge is -2.34. The molecular weight excluding hydrogens is 312 g/mol. The van der Waals surface area contributed by atoms with E-state index in [4.69, 9.17) is 4.74 Å². The van der Waals surface area contributed by atoms with Gasteiger partial charge in [-0.1, -0.05) is 0 Å². The molecule has 1 aromatic heterocycles. The largest absolute Gasteiger partial charge is 0.479 e. The Morgan fingerprint density at radius 1 is 1.25 bits per heavy atom. The summed E-state index contributed by atoms with van der Waals surface area (Å²) in [5, 5.41) is 9.63. The van der Waals surface area contributed by atoms with Gasteiger partial charge >= 0.3 is 6.03 Å². The number of piperazine rings is 1. The molecule has 1 fully saturated rings. The molecule has 134 valence electrons. The summed E-state index contributed by atoms with van der Waals surface area (Å²) in [7, 11) is 3.28. The molecular formula is C15H26N6O3. The second-order valence-corrected chi connectivity index (χ2v) is 5.65. The van der Waals surface area contributed by atoms with Crippen molar-refractivity contribution in [3.8, 4) is 5.88 Å². The smallest absolute Gasteiger partial charge is 0.314 e. The molecule has 2 heterocycles. The Morgan fingerprint density at radius 2 is 1.96 bits per heavy atom. The van der Waals surface area contributed by atoms with Gasteiger partial charge in [-0.15, -0.1) is 5.10 Å². The van der Waals surface area contributed by atoms with Crippen LogP contribution in [-0.4, -0.2) is 84.4 Å². The number of aryl methyl sites for hydroxylation is 1. The van der Waals surface area contributed by atoms with E-state index in [2.05, 4.69) is 20.6 Å². The number of nitrogens with zero attached hydrogens (tertiary/aromatic N) is 4. The van der Waals surface area contributed by atoms with Gasteiger partial charge in [0.2, 0.25) is 5.88 Å². The van der Waals surface area contributed by atoms with E-state index >= 15 is 0 Å². The van der Waals surface area contributed by atoms with Crippen molar-refractivity contribution in [1.82, 2.24) is 30.2 Å². The van der Waals surface area contributed by atoms with Crippen molar-refractivity contribution in [2.75, 3.05) is 52.9 Å². The lowest BCUT2D eigenvalue weighted by molar-refractivity contribution is 0.0636. The maximum atomic E-state index is 12.6. The molecule has 2 rings (SSSR count). The molecule has 1 aromatic rings. The zero-order valence-corrected chi connectivity index (χ0v) is 14.5. The molecule has 0 spiro atoms. The fraction of sp³-hybridized carbons (Fsp3) is 0.667. The van der Waals surface area contributed by atoms with Gasteiger partial charge < -0.3 is 20.3 Å². The van der Waals surface area contributed by atoms with E-state index in [9.17, 15) is 9.59 Å². The molecule has 0 aromatic carbocycles. The zero-order valence-electron chi connectivity index (χ0n) is 14.5. The molecule has 0 bridgehead atoms. The first-order valence-corrected chi connectivity index (χ1v) is 8.16. The average molecular weight is 338 g/mol. The fourth-order valence-corrected chi connectivity index (χ4v) is 2.66. The first-order chi connectivity index (χ1) is 11.5. The number of carbonyl (C=O) groups excluding carboxylic acids is 2. The van der Waals surface area contributed by atoms with Gasteiger partial charge in [-0.05, 0) is 6.92 Å². The van der Waals surface area contributed by atoms with Crippen LogP contribution in [-0.2, 0) is 7.05 Å². The fourth-order valence-electron chi connectivity index (χ4n) is 2.66. The molecule has 24 heavy (non-hydrogen) atoms. The van der Waals surface area contributed by atoms with Crippen LogP contribution in [0.15, 0.2) is 6.20 Å². The zero-order chi connectivity index (χ0) is 17.5. The molecule has 0 unspecified atom stereocenters. The number of aromatic nitrogens is 2. The van der Waals surface area contributed by atoms with Crippen LogP contribution in [0.25, 0.3) is 0 Å². The van der Waals surface area contributed by atoms with Crippen LogP contribution in [0, 0.1) is 0 Å². The summed E-state index contributed by atoms with van der Waals surface area (Å²) in [4.78, 5) is 28.0. The molecule has 9 heteroatoms. The van der Waals surface area contributed by atoms with Gasteiger partial charge in [0.1, 0.15) is 5.56 Å². The van der Waals surface area contributed by atoms with Crippen molar-refractivity contribution in [1.29, 1.82) is 0 Å². The van der Waals surface area contributed by atoms with Crippen molar-refractivity contribution in [2.24, 2.45) is 7.05 Å². The van der Waals surface area contributed by atoms with E-state index in [0.717, 1.165) is 19.6 Å². The average Bonchev–Trinajstić information content (AvgIpc) is 2.96. The molecule has 1 aliphatic rings. The maximum Gasteiger partial charge on any atom is 0.314 e. The lowest BCUT2D eigenvalue weighted by Crippen LogP contribution is -2.50. The van der Waals surface area contributed by atoms with Crippen LogP contribution in [0.3, 0.4) is 0 Å². The number of hydrogen-bond acceptors (Lipinski definition) is 5. The quantitative estimate of drug-likeness (QED) is 0.730.